The molecule has 0 spiro atoms. The molecule has 0 saturated heterocycles. The number of aromatic nitrogens is 4. The maximum atomic E-state index is 13.6. The van der Waals surface area contributed by atoms with E-state index in [1.807, 2.05) is 6.07 Å². The van der Waals surface area contributed by atoms with Gasteiger partial charge in [-0.15, -0.1) is 0 Å². The van der Waals surface area contributed by atoms with Gasteiger partial charge in [-0.25, -0.2) is 13.9 Å². The van der Waals surface area contributed by atoms with E-state index in [1.54, 1.807) is 15.4 Å². The molecule has 2 bridgehead atoms. The van der Waals surface area contributed by atoms with Gasteiger partial charge in [0.05, 0.1) is 17.8 Å². The number of nitrogens with zero attached hydrogens (tertiary/aromatic N) is 4. The molecule has 2 aromatic heterocycles. The molecule has 1 aliphatic heterocycles. The second kappa shape index (κ2) is 4.94. The molecular formula is C21H19FN4O. The van der Waals surface area contributed by atoms with Gasteiger partial charge in [-0.1, -0.05) is 30.3 Å². The monoisotopic (exact) mass is 362 g/mol. The first-order valence-electron chi connectivity index (χ1n) is 9.47. The van der Waals surface area contributed by atoms with Gasteiger partial charge >= 0.3 is 5.69 Å². The molecule has 1 atom stereocenters. The minimum atomic E-state index is -0.370. The first-order valence-corrected chi connectivity index (χ1v) is 9.47. The summed E-state index contributed by atoms with van der Waals surface area (Å²) < 4.78 is 17.1. The van der Waals surface area contributed by atoms with Crippen LogP contribution in [0.3, 0.4) is 0 Å². The molecule has 3 fully saturated rings. The van der Waals surface area contributed by atoms with Gasteiger partial charge in [0, 0.05) is 18.0 Å². The predicted molar refractivity (Wildman–Crippen MR) is 97.1 cm³/mol. The lowest BCUT2D eigenvalue weighted by atomic mass is 9.37. The van der Waals surface area contributed by atoms with E-state index in [2.05, 4.69) is 29.2 Å². The Labute approximate surface area is 155 Å². The standard InChI is InChI=1S/C21H19FN4O/c22-16-8-14(9-23-10-16)17-6-7-18-24-26(19(27)25(17)18)21-11-20(12-21,13-21)15-4-2-1-3-5-15/h1-5,8-10,17H,6-7,11-13H2/t17-,20?,21?/m0/s1. The predicted octanol–water partition coefficient (Wildman–Crippen LogP) is 2.95. The zero-order valence-electron chi connectivity index (χ0n) is 14.8. The van der Waals surface area contributed by atoms with Crippen LogP contribution < -0.4 is 5.69 Å². The van der Waals surface area contributed by atoms with Crippen molar-refractivity contribution in [1.29, 1.82) is 0 Å². The molecule has 27 heavy (non-hydrogen) atoms. The first-order chi connectivity index (χ1) is 13.1. The van der Waals surface area contributed by atoms with E-state index in [0.717, 1.165) is 43.5 Å². The second-order valence-corrected chi connectivity index (χ2v) is 8.37. The van der Waals surface area contributed by atoms with Gasteiger partial charge < -0.3 is 0 Å². The van der Waals surface area contributed by atoms with E-state index in [1.165, 1.54) is 17.8 Å². The third kappa shape index (κ3) is 1.90. The highest BCUT2D eigenvalue weighted by atomic mass is 19.1. The molecule has 3 aromatic rings. The Balaban J connectivity index is 1.34. The lowest BCUT2D eigenvalue weighted by molar-refractivity contribution is -0.135. The number of hydrogen-bond acceptors (Lipinski definition) is 3. The summed E-state index contributed by atoms with van der Waals surface area (Å²) in [6, 6.07) is 11.9. The van der Waals surface area contributed by atoms with E-state index < -0.39 is 0 Å². The molecule has 0 N–H and O–H groups in total. The normalized spacial score (nSPS) is 30.5. The third-order valence-electron chi connectivity index (χ3n) is 6.78. The molecule has 3 aliphatic carbocycles. The van der Waals surface area contributed by atoms with Gasteiger partial charge in [-0.05, 0) is 42.9 Å². The topological polar surface area (TPSA) is 52.7 Å². The number of aryl methyl sites for hydroxylation is 1. The van der Waals surface area contributed by atoms with Crippen molar-refractivity contribution in [3.8, 4) is 0 Å². The lowest BCUT2D eigenvalue weighted by Gasteiger charge is -2.70. The molecule has 136 valence electrons. The zero-order chi connectivity index (χ0) is 18.2. The molecule has 3 heterocycles. The van der Waals surface area contributed by atoms with Gasteiger partial charge in [0.25, 0.3) is 0 Å². The smallest absolute Gasteiger partial charge is 0.271 e. The minimum absolute atomic E-state index is 0.0573. The second-order valence-electron chi connectivity index (χ2n) is 8.37. The van der Waals surface area contributed by atoms with Crippen molar-refractivity contribution in [2.45, 2.75) is 49.1 Å². The van der Waals surface area contributed by atoms with Crippen molar-refractivity contribution in [1.82, 2.24) is 19.3 Å². The fourth-order valence-corrected chi connectivity index (χ4v) is 5.59. The molecule has 7 rings (SSSR count). The quantitative estimate of drug-likeness (QED) is 0.720. The number of hydrogen-bond donors (Lipinski definition) is 0. The summed E-state index contributed by atoms with van der Waals surface area (Å²) in [5, 5.41) is 4.70. The Bertz CT molecular complexity index is 1100. The van der Waals surface area contributed by atoms with Crippen LogP contribution in [0.4, 0.5) is 4.39 Å². The molecule has 0 radical (unpaired) electrons. The first kappa shape index (κ1) is 15.3. The summed E-state index contributed by atoms with van der Waals surface area (Å²) in [5.41, 5.74) is 2.15. The van der Waals surface area contributed by atoms with Crippen LogP contribution in [-0.4, -0.2) is 19.3 Å². The van der Waals surface area contributed by atoms with E-state index in [9.17, 15) is 9.18 Å². The third-order valence-corrected chi connectivity index (χ3v) is 6.78. The van der Waals surface area contributed by atoms with Crippen LogP contribution in [0.2, 0.25) is 0 Å². The average molecular weight is 362 g/mol. The van der Waals surface area contributed by atoms with Crippen molar-refractivity contribution in [2.75, 3.05) is 0 Å². The highest BCUT2D eigenvalue weighted by molar-refractivity contribution is 5.40. The average Bonchev–Trinajstić information content (AvgIpc) is 3.15. The van der Waals surface area contributed by atoms with Crippen LogP contribution >= 0.6 is 0 Å². The molecule has 0 unspecified atom stereocenters. The Morgan fingerprint density at radius 1 is 1.11 bits per heavy atom. The molecule has 4 aliphatic rings. The summed E-state index contributed by atoms with van der Waals surface area (Å²) in [6.07, 6.45) is 7.29. The van der Waals surface area contributed by atoms with Crippen molar-refractivity contribution >= 4 is 0 Å². The number of pyridine rings is 1. The summed E-state index contributed by atoms with van der Waals surface area (Å²) in [6.45, 7) is 0. The van der Waals surface area contributed by atoms with Gasteiger partial charge in [0.2, 0.25) is 0 Å². The van der Waals surface area contributed by atoms with Crippen LogP contribution in [0, 0.1) is 5.82 Å². The lowest BCUT2D eigenvalue weighted by Crippen LogP contribution is -2.72. The van der Waals surface area contributed by atoms with Gasteiger partial charge in [0.15, 0.2) is 0 Å². The zero-order valence-corrected chi connectivity index (χ0v) is 14.8. The fourth-order valence-electron chi connectivity index (χ4n) is 5.59. The number of halogens is 1. The minimum Gasteiger partial charge on any atom is -0.271 e. The molecule has 1 aromatic carbocycles. The van der Waals surface area contributed by atoms with Crippen LogP contribution in [0.1, 0.15) is 48.7 Å². The summed E-state index contributed by atoms with van der Waals surface area (Å²) in [7, 11) is 0. The summed E-state index contributed by atoms with van der Waals surface area (Å²) >= 11 is 0. The maximum absolute atomic E-state index is 13.6. The van der Waals surface area contributed by atoms with Gasteiger partial charge in [-0.2, -0.15) is 5.10 Å². The molecule has 0 amide bonds. The highest BCUT2D eigenvalue weighted by Gasteiger charge is 2.70. The van der Waals surface area contributed by atoms with E-state index in [-0.39, 0.29) is 28.5 Å². The summed E-state index contributed by atoms with van der Waals surface area (Å²) in [5.74, 6) is 0.443. The molecule has 6 heteroatoms. The highest BCUT2D eigenvalue weighted by Crippen LogP contribution is 2.71. The molecule has 5 nitrogen and oxygen atoms in total. The van der Waals surface area contributed by atoms with Crippen LogP contribution in [0.15, 0.2) is 53.6 Å². The maximum Gasteiger partial charge on any atom is 0.347 e. The van der Waals surface area contributed by atoms with Crippen molar-refractivity contribution in [3.05, 3.63) is 82.0 Å². The Hall–Kier alpha value is -2.76. The van der Waals surface area contributed by atoms with Crippen molar-refractivity contribution in [3.63, 3.8) is 0 Å². The SMILES string of the molecule is O=c1n(C23CC(c4ccccc4)(C2)C3)nc2n1[C@H](c1cncc(F)c1)CC2. The van der Waals surface area contributed by atoms with E-state index >= 15 is 0 Å². The Kier molecular flexibility index (Phi) is 2.80. The van der Waals surface area contributed by atoms with Crippen molar-refractivity contribution < 1.29 is 4.39 Å². The van der Waals surface area contributed by atoms with Crippen LogP contribution in [0.25, 0.3) is 0 Å². The van der Waals surface area contributed by atoms with Crippen molar-refractivity contribution in [2.24, 2.45) is 0 Å². The number of benzene rings is 1. The van der Waals surface area contributed by atoms with Crippen LogP contribution in [-0.2, 0) is 17.4 Å². The summed E-state index contributed by atoms with van der Waals surface area (Å²) in [4.78, 5) is 17.1. The molecule has 3 saturated carbocycles. The van der Waals surface area contributed by atoms with Gasteiger partial charge in [-0.3, -0.25) is 9.55 Å². The number of rotatable bonds is 3. The van der Waals surface area contributed by atoms with E-state index in [4.69, 9.17) is 5.10 Å². The molecular weight excluding hydrogens is 343 g/mol. The number of fused-ring (bicyclic) bond motifs is 1. The largest absolute Gasteiger partial charge is 0.347 e. The van der Waals surface area contributed by atoms with Crippen LogP contribution in [0.5, 0.6) is 0 Å². The fraction of sp³-hybridized carbons (Fsp3) is 0.381. The van der Waals surface area contributed by atoms with E-state index in [0.29, 0.717) is 0 Å². The Morgan fingerprint density at radius 3 is 2.63 bits per heavy atom. The van der Waals surface area contributed by atoms with Gasteiger partial charge in [0.1, 0.15) is 11.6 Å². The Morgan fingerprint density at radius 2 is 1.89 bits per heavy atom.